The number of hydrogen-bond acceptors (Lipinski definition) is 4. The van der Waals surface area contributed by atoms with Gasteiger partial charge in [-0.2, -0.15) is 0 Å². The smallest absolute Gasteiger partial charge is 0.263 e. The molecule has 0 bridgehead atoms. The van der Waals surface area contributed by atoms with Gasteiger partial charge in [-0.1, -0.05) is 0 Å². The molecule has 0 saturated heterocycles. The van der Waals surface area contributed by atoms with Crippen molar-refractivity contribution >= 4 is 21.5 Å². The Hall–Kier alpha value is -2.08. The lowest BCUT2D eigenvalue weighted by Gasteiger charge is -2.09. The summed E-state index contributed by atoms with van der Waals surface area (Å²) in [6.07, 6.45) is 0. The molecule has 5 nitrogen and oxygen atoms in total. The third-order valence-electron chi connectivity index (χ3n) is 2.53. The van der Waals surface area contributed by atoms with Gasteiger partial charge >= 0.3 is 0 Å². The van der Waals surface area contributed by atoms with Crippen LogP contribution in [-0.2, 0) is 10.0 Å². The Morgan fingerprint density at radius 1 is 1.11 bits per heavy atom. The number of nitrogen functional groups attached to an aromatic ring is 1. The molecule has 0 aliphatic heterocycles. The molecular weight excluding hydrogens is 262 g/mol. The second-order valence-electron chi connectivity index (χ2n) is 4.35. The number of nitrogens with two attached hydrogens (primary N) is 1. The van der Waals surface area contributed by atoms with Crippen molar-refractivity contribution in [3.63, 3.8) is 0 Å². The summed E-state index contributed by atoms with van der Waals surface area (Å²) in [5.74, 6) is 0.314. The molecule has 2 rings (SSSR count). The van der Waals surface area contributed by atoms with Gasteiger partial charge in [0.05, 0.1) is 4.90 Å². The third-order valence-corrected chi connectivity index (χ3v) is 3.90. The Bertz CT molecular complexity index is 674. The highest BCUT2D eigenvalue weighted by Crippen LogP contribution is 2.17. The number of anilines is 2. The summed E-state index contributed by atoms with van der Waals surface area (Å²) in [6.45, 7) is 3.70. The number of hydrogen-bond donors (Lipinski definition) is 2. The molecule has 1 aromatic carbocycles. The van der Waals surface area contributed by atoms with E-state index in [0.717, 1.165) is 11.3 Å². The van der Waals surface area contributed by atoms with E-state index >= 15 is 0 Å². The van der Waals surface area contributed by atoms with Crippen LogP contribution in [0, 0.1) is 13.8 Å². The van der Waals surface area contributed by atoms with Gasteiger partial charge in [-0.15, -0.1) is 0 Å². The molecule has 0 aliphatic rings. The average Bonchev–Trinajstić information content (AvgIpc) is 2.27. The van der Waals surface area contributed by atoms with E-state index in [4.69, 9.17) is 5.73 Å². The summed E-state index contributed by atoms with van der Waals surface area (Å²) in [6, 6.07) is 9.57. The van der Waals surface area contributed by atoms with Gasteiger partial charge in [0, 0.05) is 11.4 Å². The number of aromatic nitrogens is 1. The minimum absolute atomic E-state index is 0.155. The summed E-state index contributed by atoms with van der Waals surface area (Å²) >= 11 is 0. The largest absolute Gasteiger partial charge is 0.399 e. The van der Waals surface area contributed by atoms with Crippen LogP contribution in [-0.4, -0.2) is 13.4 Å². The zero-order valence-electron chi connectivity index (χ0n) is 10.7. The molecule has 6 heteroatoms. The molecule has 3 N–H and O–H groups in total. The zero-order chi connectivity index (χ0) is 14.0. The Morgan fingerprint density at radius 3 is 2.32 bits per heavy atom. The molecule has 1 aromatic heterocycles. The van der Waals surface area contributed by atoms with Gasteiger partial charge in [-0.05, 0) is 55.8 Å². The Balaban J connectivity index is 2.33. The minimum atomic E-state index is -3.63. The summed E-state index contributed by atoms with van der Waals surface area (Å²) in [7, 11) is -3.63. The van der Waals surface area contributed by atoms with Crippen LogP contribution in [0.15, 0.2) is 41.3 Å². The monoisotopic (exact) mass is 277 g/mol. The van der Waals surface area contributed by atoms with Crippen LogP contribution in [0.25, 0.3) is 0 Å². The fourth-order valence-electron chi connectivity index (χ4n) is 1.74. The van der Waals surface area contributed by atoms with Crippen molar-refractivity contribution in [1.82, 2.24) is 4.98 Å². The zero-order valence-corrected chi connectivity index (χ0v) is 11.5. The minimum Gasteiger partial charge on any atom is -0.399 e. The van der Waals surface area contributed by atoms with Crippen molar-refractivity contribution in [2.75, 3.05) is 10.5 Å². The van der Waals surface area contributed by atoms with Gasteiger partial charge in [0.25, 0.3) is 10.0 Å². The van der Waals surface area contributed by atoms with Gasteiger partial charge < -0.3 is 5.73 Å². The standard InChI is InChI=1S/C13H15N3O2S/c1-9-7-10(2)15-13(8-9)16-19(17,18)12-5-3-11(14)4-6-12/h3-8H,14H2,1-2H3,(H,15,16). The van der Waals surface area contributed by atoms with E-state index in [1.54, 1.807) is 18.2 Å². The summed E-state index contributed by atoms with van der Waals surface area (Å²) < 4.78 is 26.7. The van der Waals surface area contributed by atoms with Crippen molar-refractivity contribution in [1.29, 1.82) is 0 Å². The fourth-order valence-corrected chi connectivity index (χ4v) is 2.73. The Kier molecular flexibility index (Phi) is 3.44. The molecule has 0 fully saturated rings. The highest BCUT2D eigenvalue weighted by atomic mass is 32.2. The maximum Gasteiger partial charge on any atom is 0.263 e. The van der Waals surface area contributed by atoms with E-state index in [1.165, 1.54) is 12.1 Å². The maximum atomic E-state index is 12.1. The highest BCUT2D eigenvalue weighted by Gasteiger charge is 2.14. The fraction of sp³-hybridized carbons (Fsp3) is 0.154. The van der Waals surface area contributed by atoms with Crippen molar-refractivity contribution in [3.05, 3.63) is 47.7 Å². The Labute approximate surface area is 112 Å². The van der Waals surface area contributed by atoms with E-state index in [2.05, 4.69) is 9.71 Å². The van der Waals surface area contributed by atoms with Crippen LogP contribution in [0.1, 0.15) is 11.3 Å². The first-order valence-electron chi connectivity index (χ1n) is 5.70. The highest BCUT2D eigenvalue weighted by molar-refractivity contribution is 7.92. The quantitative estimate of drug-likeness (QED) is 0.841. The second kappa shape index (κ2) is 4.89. The average molecular weight is 277 g/mol. The lowest BCUT2D eigenvalue weighted by Crippen LogP contribution is -2.14. The molecule has 0 aliphatic carbocycles. The SMILES string of the molecule is Cc1cc(C)nc(NS(=O)(=O)c2ccc(N)cc2)c1. The number of benzene rings is 1. The second-order valence-corrected chi connectivity index (χ2v) is 6.03. The molecule has 0 atom stereocenters. The summed E-state index contributed by atoms with van der Waals surface area (Å²) in [4.78, 5) is 4.30. The first-order chi connectivity index (χ1) is 8.87. The van der Waals surface area contributed by atoms with Crippen molar-refractivity contribution < 1.29 is 8.42 Å². The molecule has 0 unspecified atom stereocenters. The molecule has 0 saturated carbocycles. The van der Waals surface area contributed by atoms with Gasteiger partial charge in [-0.3, -0.25) is 4.72 Å². The van der Waals surface area contributed by atoms with E-state index in [9.17, 15) is 8.42 Å². The van der Waals surface area contributed by atoms with Gasteiger partial charge in [-0.25, -0.2) is 13.4 Å². The Morgan fingerprint density at radius 2 is 1.74 bits per heavy atom. The van der Waals surface area contributed by atoms with E-state index in [-0.39, 0.29) is 4.90 Å². The number of sulfonamides is 1. The van der Waals surface area contributed by atoms with Crippen LogP contribution in [0.2, 0.25) is 0 Å². The van der Waals surface area contributed by atoms with Crippen LogP contribution < -0.4 is 10.5 Å². The van der Waals surface area contributed by atoms with Crippen LogP contribution >= 0.6 is 0 Å². The maximum absolute atomic E-state index is 12.1. The number of aryl methyl sites for hydroxylation is 2. The number of rotatable bonds is 3. The van der Waals surface area contributed by atoms with Crippen molar-refractivity contribution in [2.45, 2.75) is 18.7 Å². The summed E-state index contributed by atoms with van der Waals surface area (Å²) in [5, 5.41) is 0. The molecule has 100 valence electrons. The molecule has 19 heavy (non-hydrogen) atoms. The van der Waals surface area contributed by atoms with Gasteiger partial charge in [0.2, 0.25) is 0 Å². The van der Waals surface area contributed by atoms with Crippen molar-refractivity contribution in [3.8, 4) is 0 Å². The van der Waals surface area contributed by atoms with E-state index < -0.39 is 10.0 Å². The number of nitrogens with one attached hydrogen (secondary N) is 1. The molecule has 0 radical (unpaired) electrons. The van der Waals surface area contributed by atoms with Gasteiger partial charge in [0.1, 0.15) is 5.82 Å². The van der Waals surface area contributed by atoms with E-state index in [1.807, 2.05) is 19.9 Å². The molecule has 0 amide bonds. The van der Waals surface area contributed by atoms with Crippen molar-refractivity contribution in [2.24, 2.45) is 0 Å². The number of pyridine rings is 1. The lowest BCUT2D eigenvalue weighted by molar-refractivity contribution is 0.601. The predicted octanol–water partition coefficient (Wildman–Crippen LogP) is 2.08. The molecule has 0 spiro atoms. The number of nitrogens with zero attached hydrogens (tertiary/aromatic N) is 1. The molecular formula is C13H15N3O2S. The normalized spacial score (nSPS) is 11.3. The van der Waals surface area contributed by atoms with Crippen LogP contribution in [0.4, 0.5) is 11.5 Å². The van der Waals surface area contributed by atoms with Gasteiger partial charge in [0.15, 0.2) is 0 Å². The summed E-state index contributed by atoms with van der Waals surface area (Å²) in [5.41, 5.74) is 7.76. The topological polar surface area (TPSA) is 85.1 Å². The lowest BCUT2D eigenvalue weighted by atomic mass is 10.2. The van der Waals surface area contributed by atoms with Crippen LogP contribution in [0.5, 0.6) is 0 Å². The predicted molar refractivity (Wildman–Crippen MR) is 75.4 cm³/mol. The third kappa shape index (κ3) is 3.23. The first kappa shape index (κ1) is 13.4. The first-order valence-corrected chi connectivity index (χ1v) is 7.19. The molecule has 1 heterocycles. The molecule has 2 aromatic rings. The van der Waals surface area contributed by atoms with Crippen LogP contribution in [0.3, 0.4) is 0 Å². The van der Waals surface area contributed by atoms with E-state index in [0.29, 0.717) is 11.5 Å².